The van der Waals surface area contributed by atoms with Gasteiger partial charge in [0.15, 0.2) is 0 Å². The average Bonchev–Trinajstić information content (AvgIpc) is 2.28. The van der Waals surface area contributed by atoms with Crippen LogP contribution in [0, 0.1) is 6.92 Å². The van der Waals surface area contributed by atoms with Crippen LogP contribution < -0.4 is 5.32 Å². The number of carboxylic acid groups (broad SMARTS) is 1. The Balaban J connectivity index is 2.57. The molecule has 0 aliphatic heterocycles. The van der Waals surface area contributed by atoms with Crippen LogP contribution in [0.4, 0.5) is 0 Å². The van der Waals surface area contributed by atoms with Gasteiger partial charge in [0.2, 0.25) is 0 Å². The lowest BCUT2D eigenvalue weighted by atomic mass is 10.0. The molecule has 0 saturated carbocycles. The second-order valence-corrected chi connectivity index (χ2v) is 4.44. The van der Waals surface area contributed by atoms with Crippen molar-refractivity contribution in [2.75, 3.05) is 6.54 Å². The number of nitrogens with one attached hydrogen (secondary N) is 1. The highest BCUT2D eigenvalue weighted by Gasteiger charge is 2.12. The molecule has 0 saturated heterocycles. The monoisotopic (exact) mass is 235 g/mol. The van der Waals surface area contributed by atoms with Crippen molar-refractivity contribution in [2.24, 2.45) is 0 Å². The molecule has 0 bridgehead atoms. The highest BCUT2D eigenvalue weighted by Crippen LogP contribution is 2.08. The fourth-order valence-electron chi connectivity index (χ4n) is 1.78. The summed E-state index contributed by atoms with van der Waals surface area (Å²) in [4.78, 5) is 10.8. The summed E-state index contributed by atoms with van der Waals surface area (Å²) >= 11 is 0. The third-order valence-corrected chi connectivity index (χ3v) is 2.71. The predicted molar refractivity (Wildman–Crippen MR) is 69.2 cm³/mol. The Bertz CT molecular complexity index is 346. The van der Waals surface area contributed by atoms with Crippen molar-refractivity contribution in [2.45, 2.75) is 39.2 Å². The summed E-state index contributed by atoms with van der Waals surface area (Å²) in [6, 6.07) is 8.28. The molecule has 0 heterocycles. The van der Waals surface area contributed by atoms with Gasteiger partial charge in [-0.3, -0.25) is 4.79 Å². The van der Waals surface area contributed by atoms with Crippen molar-refractivity contribution in [3.05, 3.63) is 35.4 Å². The van der Waals surface area contributed by atoms with Crippen LogP contribution in [0.2, 0.25) is 0 Å². The molecule has 17 heavy (non-hydrogen) atoms. The quantitative estimate of drug-likeness (QED) is 0.763. The highest BCUT2D eigenvalue weighted by molar-refractivity contribution is 5.67. The molecule has 94 valence electrons. The van der Waals surface area contributed by atoms with Crippen LogP contribution in [-0.4, -0.2) is 23.7 Å². The fourth-order valence-corrected chi connectivity index (χ4v) is 1.78. The normalized spacial score (nSPS) is 12.4. The van der Waals surface area contributed by atoms with Gasteiger partial charge in [-0.15, -0.1) is 0 Å². The lowest BCUT2D eigenvalue weighted by molar-refractivity contribution is -0.137. The molecule has 0 fully saturated rings. The van der Waals surface area contributed by atoms with Crippen LogP contribution in [0.1, 0.15) is 30.9 Å². The standard InChI is InChI=1S/C14H21NO2/c1-3-8-15-13(10-14(16)17)9-12-6-4-11(2)5-7-12/h4-7,13,15H,3,8-10H2,1-2H3,(H,16,17). The fraction of sp³-hybridized carbons (Fsp3) is 0.500. The van der Waals surface area contributed by atoms with Gasteiger partial charge in [0.25, 0.3) is 0 Å². The van der Waals surface area contributed by atoms with E-state index in [2.05, 4.69) is 36.5 Å². The molecule has 1 aromatic rings. The molecule has 0 aliphatic rings. The Hall–Kier alpha value is -1.35. The summed E-state index contributed by atoms with van der Waals surface area (Å²) in [5, 5.41) is 12.1. The van der Waals surface area contributed by atoms with Crippen molar-refractivity contribution in [3.63, 3.8) is 0 Å². The number of hydrogen-bond donors (Lipinski definition) is 2. The molecule has 3 nitrogen and oxygen atoms in total. The summed E-state index contributed by atoms with van der Waals surface area (Å²) < 4.78 is 0. The van der Waals surface area contributed by atoms with Gasteiger partial charge in [-0.05, 0) is 31.9 Å². The van der Waals surface area contributed by atoms with Crippen LogP contribution in [0.25, 0.3) is 0 Å². The number of rotatable bonds is 7. The van der Waals surface area contributed by atoms with Crippen LogP contribution in [0.5, 0.6) is 0 Å². The van der Waals surface area contributed by atoms with E-state index < -0.39 is 5.97 Å². The number of benzene rings is 1. The van der Waals surface area contributed by atoms with E-state index in [1.165, 1.54) is 11.1 Å². The zero-order valence-electron chi connectivity index (χ0n) is 10.6. The van der Waals surface area contributed by atoms with Gasteiger partial charge in [-0.2, -0.15) is 0 Å². The molecule has 1 rings (SSSR count). The molecular weight excluding hydrogens is 214 g/mol. The number of aryl methyl sites for hydroxylation is 1. The topological polar surface area (TPSA) is 49.3 Å². The maximum Gasteiger partial charge on any atom is 0.304 e. The van der Waals surface area contributed by atoms with E-state index in [4.69, 9.17) is 5.11 Å². The maximum atomic E-state index is 10.8. The largest absolute Gasteiger partial charge is 0.481 e. The lowest BCUT2D eigenvalue weighted by Crippen LogP contribution is -2.33. The molecule has 0 aliphatic carbocycles. The minimum Gasteiger partial charge on any atom is -0.481 e. The van der Waals surface area contributed by atoms with Crippen LogP contribution in [0.15, 0.2) is 24.3 Å². The molecule has 0 aromatic heterocycles. The lowest BCUT2D eigenvalue weighted by Gasteiger charge is -2.16. The second-order valence-electron chi connectivity index (χ2n) is 4.44. The van der Waals surface area contributed by atoms with Crippen molar-refractivity contribution < 1.29 is 9.90 Å². The SMILES string of the molecule is CCCNC(CC(=O)O)Cc1ccc(C)cc1. The summed E-state index contributed by atoms with van der Waals surface area (Å²) in [5.74, 6) is -0.745. The minimum absolute atomic E-state index is 0.0233. The van der Waals surface area contributed by atoms with Gasteiger partial charge < -0.3 is 10.4 Å². The van der Waals surface area contributed by atoms with E-state index in [9.17, 15) is 4.79 Å². The van der Waals surface area contributed by atoms with Gasteiger partial charge in [0.1, 0.15) is 0 Å². The summed E-state index contributed by atoms with van der Waals surface area (Å²) in [7, 11) is 0. The van der Waals surface area contributed by atoms with E-state index in [1.54, 1.807) is 0 Å². The second kappa shape index (κ2) is 7.07. The zero-order valence-corrected chi connectivity index (χ0v) is 10.6. The minimum atomic E-state index is -0.745. The Morgan fingerprint density at radius 2 is 2.00 bits per heavy atom. The van der Waals surface area contributed by atoms with E-state index in [0.717, 1.165) is 19.4 Å². The Labute approximate surface area is 103 Å². The Kier molecular flexibility index (Phi) is 5.70. The number of aliphatic carboxylic acids is 1. The van der Waals surface area contributed by atoms with E-state index in [-0.39, 0.29) is 12.5 Å². The third-order valence-electron chi connectivity index (χ3n) is 2.71. The Morgan fingerprint density at radius 1 is 1.35 bits per heavy atom. The summed E-state index contributed by atoms with van der Waals surface area (Å²) in [6.07, 6.45) is 1.96. The molecule has 1 unspecified atom stereocenters. The molecule has 1 atom stereocenters. The van der Waals surface area contributed by atoms with Crippen LogP contribution >= 0.6 is 0 Å². The third kappa shape index (κ3) is 5.50. The van der Waals surface area contributed by atoms with E-state index >= 15 is 0 Å². The first kappa shape index (κ1) is 13.7. The van der Waals surface area contributed by atoms with Crippen molar-refractivity contribution >= 4 is 5.97 Å². The van der Waals surface area contributed by atoms with Crippen molar-refractivity contribution in [1.29, 1.82) is 0 Å². The molecular formula is C14H21NO2. The molecule has 0 spiro atoms. The number of hydrogen-bond acceptors (Lipinski definition) is 2. The molecule has 2 N–H and O–H groups in total. The predicted octanol–water partition coefficient (Wildman–Crippen LogP) is 2.38. The number of carboxylic acids is 1. The number of carbonyl (C=O) groups is 1. The van der Waals surface area contributed by atoms with Gasteiger partial charge in [0, 0.05) is 6.04 Å². The molecule has 0 radical (unpaired) electrons. The smallest absolute Gasteiger partial charge is 0.304 e. The highest BCUT2D eigenvalue weighted by atomic mass is 16.4. The van der Waals surface area contributed by atoms with E-state index in [1.807, 2.05) is 6.92 Å². The average molecular weight is 235 g/mol. The van der Waals surface area contributed by atoms with Gasteiger partial charge in [0.05, 0.1) is 6.42 Å². The Morgan fingerprint density at radius 3 is 2.53 bits per heavy atom. The van der Waals surface area contributed by atoms with Gasteiger partial charge >= 0.3 is 5.97 Å². The first-order chi connectivity index (χ1) is 8.11. The van der Waals surface area contributed by atoms with Crippen molar-refractivity contribution in [3.8, 4) is 0 Å². The summed E-state index contributed by atoms with van der Waals surface area (Å²) in [6.45, 7) is 4.99. The van der Waals surface area contributed by atoms with Crippen molar-refractivity contribution in [1.82, 2.24) is 5.32 Å². The maximum absolute atomic E-state index is 10.8. The van der Waals surface area contributed by atoms with E-state index in [0.29, 0.717) is 0 Å². The first-order valence-corrected chi connectivity index (χ1v) is 6.12. The molecule has 1 aromatic carbocycles. The molecule has 0 amide bonds. The van der Waals surface area contributed by atoms with Gasteiger partial charge in [-0.25, -0.2) is 0 Å². The summed E-state index contributed by atoms with van der Waals surface area (Å²) in [5.41, 5.74) is 2.41. The van der Waals surface area contributed by atoms with Crippen LogP contribution in [-0.2, 0) is 11.2 Å². The van der Waals surface area contributed by atoms with Gasteiger partial charge in [-0.1, -0.05) is 36.8 Å². The zero-order chi connectivity index (χ0) is 12.7. The first-order valence-electron chi connectivity index (χ1n) is 6.12. The van der Waals surface area contributed by atoms with Crippen LogP contribution in [0.3, 0.4) is 0 Å². The molecule has 3 heteroatoms.